The van der Waals surface area contributed by atoms with Crippen molar-refractivity contribution >= 4 is 72.1 Å². The lowest BCUT2D eigenvalue weighted by Gasteiger charge is -2.40. The molecule has 0 atom stereocenters. The van der Waals surface area contributed by atoms with Gasteiger partial charge in [0.2, 0.25) is 22.1 Å². The second kappa shape index (κ2) is 17.0. The Morgan fingerprint density at radius 1 is 0.370 bits per heavy atom. The molecule has 54 heavy (non-hydrogen) atoms. The molecule has 310 valence electrons. The lowest BCUT2D eigenvalue weighted by molar-refractivity contribution is 0.217. The standard InChI is InChI=1S/C18H32N2O26P8/c21-47(22,23)15(48(24,25)26)19(16(49(27,28)29)50(30,31)32)11-5-1-3-7-13(11)45-9-10-46-14-8-4-2-6-12(14)20(17(51(33,34)35)52(36,37)38)18(53(39,40)41)54(42,43)44/h1-8,15-18H,9-10H2,(H2,21,22,23)(H2,24,25,26)(H2,27,28,29)(H2,30,31,32)(H2,33,34,35)(H2,36,37,38)(H2,39,40,41)(H2,42,43,44). The minimum atomic E-state index is -6.31. The molecule has 0 aliphatic heterocycles. The Morgan fingerprint density at radius 2 is 0.556 bits per heavy atom. The van der Waals surface area contributed by atoms with Crippen LogP contribution in [0.15, 0.2) is 48.5 Å². The van der Waals surface area contributed by atoms with E-state index in [1.54, 1.807) is 0 Å². The predicted molar refractivity (Wildman–Crippen MR) is 180 cm³/mol. The molecule has 0 heterocycles. The SMILES string of the molecule is O=P(O)(O)C(N(c1ccccc1OCCOc1ccccc1N(C(P(=O)(O)O)P(=O)(O)O)C(P(=O)(O)O)P(=O)(O)O)C(P(=O)(O)O)P(=O)(O)O)P(=O)(O)O. The van der Waals surface area contributed by atoms with Crippen molar-refractivity contribution in [1.82, 2.24) is 0 Å². The average molecular weight is 940 g/mol. The van der Waals surface area contributed by atoms with E-state index in [2.05, 4.69) is 0 Å². The fourth-order valence-electron chi connectivity index (χ4n) is 4.70. The van der Waals surface area contributed by atoms with Crippen LogP contribution in [0.5, 0.6) is 11.5 Å². The Kier molecular flexibility index (Phi) is 15.4. The van der Waals surface area contributed by atoms with Crippen LogP contribution in [0.25, 0.3) is 0 Å². The highest BCUT2D eigenvalue weighted by molar-refractivity contribution is 7.74. The summed E-state index contributed by atoms with van der Waals surface area (Å²) >= 11 is 0. The first-order valence-corrected chi connectivity index (χ1v) is 26.8. The number of hydrogen-bond donors (Lipinski definition) is 16. The van der Waals surface area contributed by atoms with E-state index in [1.165, 1.54) is 0 Å². The average Bonchev–Trinajstić information content (AvgIpc) is 2.89. The Morgan fingerprint density at radius 3 is 0.741 bits per heavy atom. The van der Waals surface area contributed by atoms with Gasteiger partial charge in [0.1, 0.15) is 24.7 Å². The van der Waals surface area contributed by atoms with Gasteiger partial charge in [0, 0.05) is 0 Å². The van der Waals surface area contributed by atoms with Crippen LogP contribution in [0.3, 0.4) is 0 Å². The summed E-state index contributed by atoms with van der Waals surface area (Å²) in [5, 5.41) is 0. The molecule has 28 nitrogen and oxygen atoms in total. The number of hydrogen-bond acceptors (Lipinski definition) is 12. The number of nitrogens with zero attached hydrogens (tertiary/aromatic N) is 2. The predicted octanol–water partition coefficient (Wildman–Crippen LogP) is -0.687. The van der Waals surface area contributed by atoms with E-state index >= 15 is 0 Å². The zero-order valence-electron chi connectivity index (χ0n) is 26.1. The normalized spacial score (nSPS) is 14.2. The number of benzene rings is 2. The lowest BCUT2D eigenvalue weighted by Crippen LogP contribution is -2.43. The van der Waals surface area contributed by atoms with Gasteiger partial charge in [-0.2, -0.15) is 0 Å². The van der Waals surface area contributed by atoms with Gasteiger partial charge in [-0.25, -0.2) is 0 Å². The van der Waals surface area contributed by atoms with Crippen LogP contribution < -0.4 is 19.3 Å². The molecule has 2 aromatic rings. The van der Waals surface area contributed by atoms with E-state index in [4.69, 9.17) is 9.47 Å². The molecule has 0 aliphatic carbocycles. The largest absolute Gasteiger partial charge is 0.488 e. The van der Waals surface area contributed by atoms with Crippen LogP contribution in [0.1, 0.15) is 0 Å². The highest BCUT2D eigenvalue weighted by Crippen LogP contribution is 2.71. The Bertz CT molecular complexity index is 1720. The van der Waals surface area contributed by atoms with E-state index in [9.17, 15) is 115 Å². The first-order chi connectivity index (χ1) is 23.9. The number of ether oxygens (including phenoxy) is 2. The topological polar surface area (TPSA) is 485 Å². The summed E-state index contributed by atoms with van der Waals surface area (Å²) in [6.07, 6.45) is 0. The fourth-order valence-corrected chi connectivity index (χ4v) is 16.5. The molecule has 0 bridgehead atoms. The zero-order chi connectivity index (χ0) is 42.3. The molecular formula is C18H32N2O26P8. The number of rotatable bonds is 19. The van der Waals surface area contributed by atoms with Gasteiger partial charge in [0.25, 0.3) is 0 Å². The second-order valence-electron chi connectivity index (χ2n) is 10.5. The van der Waals surface area contributed by atoms with Crippen LogP contribution in [0.4, 0.5) is 11.4 Å². The Balaban J connectivity index is 2.73. The monoisotopic (exact) mass is 940 g/mol. The summed E-state index contributed by atoms with van der Waals surface area (Å²) in [4.78, 5) is 156. The van der Waals surface area contributed by atoms with E-state index < -0.39 is 129 Å². The van der Waals surface area contributed by atoms with Crippen molar-refractivity contribution in [2.24, 2.45) is 0 Å². The highest BCUT2D eigenvalue weighted by Gasteiger charge is 2.60. The van der Waals surface area contributed by atoms with Crippen molar-refractivity contribution in [2.75, 3.05) is 23.0 Å². The summed E-state index contributed by atoms with van der Waals surface area (Å²) < 4.78 is 109. The quantitative estimate of drug-likeness (QED) is 0.0612. The van der Waals surface area contributed by atoms with Gasteiger partial charge in [0.05, 0.1) is 11.4 Å². The minimum absolute atomic E-state index is 0.606. The van der Waals surface area contributed by atoms with Gasteiger partial charge in [-0.3, -0.25) is 36.5 Å². The summed E-state index contributed by atoms with van der Waals surface area (Å²) in [5.74, 6) is -1.75. The van der Waals surface area contributed by atoms with Crippen LogP contribution in [0.2, 0.25) is 0 Å². The molecule has 16 N–H and O–H groups in total. The van der Waals surface area contributed by atoms with E-state index in [0.717, 1.165) is 36.4 Å². The lowest BCUT2D eigenvalue weighted by atomic mass is 10.3. The van der Waals surface area contributed by atoms with Gasteiger partial charge in [0.15, 0.2) is 0 Å². The molecule has 0 aliphatic rings. The molecule has 0 radical (unpaired) electrons. The zero-order valence-corrected chi connectivity index (χ0v) is 33.2. The fraction of sp³-hybridized carbons (Fsp3) is 0.333. The van der Waals surface area contributed by atoms with E-state index in [0.29, 0.717) is 12.1 Å². The molecule has 0 saturated carbocycles. The maximum atomic E-state index is 12.3. The molecule has 0 amide bonds. The third-order valence-electron chi connectivity index (χ3n) is 6.29. The number of anilines is 2. The Labute approximate surface area is 301 Å². The van der Waals surface area contributed by atoms with Crippen molar-refractivity contribution in [2.45, 2.75) is 22.1 Å². The van der Waals surface area contributed by atoms with Crippen molar-refractivity contribution in [3.63, 3.8) is 0 Å². The maximum Gasteiger partial charge on any atom is 0.360 e. The molecule has 2 aromatic carbocycles. The first-order valence-electron chi connectivity index (χ1n) is 13.3. The smallest absolute Gasteiger partial charge is 0.360 e. The van der Waals surface area contributed by atoms with Crippen LogP contribution in [-0.4, -0.2) is 114 Å². The van der Waals surface area contributed by atoms with E-state index in [1.807, 2.05) is 0 Å². The molecule has 0 spiro atoms. The van der Waals surface area contributed by atoms with Crippen molar-refractivity contribution in [3.05, 3.63) is 48.5 Å². The molecule has 0 fully saturated rings. The minimum Gasteiger partial charge on any atom is -0.488 e. The second-order valence-corrected chi connectivity index (χ2v) is 25.5. The highest BCUT2D eigenvalue weighted by atomic mass is 31.3. The maximum absolute atomic E-state index is 12.3. The van der Waals surface area contributed by atoms with Crippen LogP contribution >= 0.6 is 60.8 Å². The van der Waals surface area contributed by atoms with Crippen LogP contribution in [0, 0.1) is 0 Å². The Hall–Kier alpha value is -1.16. The molecule has 36 heteroatoms. The van der Waals surface area contributed by atoms with Gasteiger partial charge in [-0.1, -0.05) is 24.3 Å². The molecular weight excluding hydrogens is 908 g/mol. The third-order valence-corrected chi connectivity index (χ3v) is 20.3. The van der Waals surface area contributed by atoms with Gasteiger partial charge < -0.3 is 97.6 Å². The van der Waals surface area contributed by atoms with E-state index in [-0.39, 0.29) is 0 Å². The summed E-state index contributed by atoms with van der Waals surface area (Å²) in [6.45, 7) is -1.90. The van der Waals surface area contributed by atoms with Crippen LogP contribution in [-0.2, 0) is 36.5 Å². The summed E-state index contributed by atoms with van der Waals surface area (Å²) in [6, 6.07) is 6.67. The summed E-state index contributed by atoms with van der Waals surface area (Å²) in [7, 11) is -50.5. The molecule has 0 saturated heterocycles. The van der Waals surface area contributed by atoms with Gasteiger partial charge in [-0.15, -0.1) is 0 Å². The third kappa shape index (κ3) is 12.7. The van der Waals surface area contributed by atoms with Gasteiger partial charge >= 0.3 is 60.8 Å². The molecule has 2 rings (SSSR count). The molecule has 0 aromatic heterocycles. The molecule has 0 unspecified atom stereocenters. The summed E-state index contributed by atoms with van der Waals surface area (Å²) in [5.41, 5.74) is -17.0. The van der Waals surface area contributed by atoms with Crippen molar-refractivity contribution in [1.29, 1.82) is 0 Å². The van der Waals surface area contributed by atoms with Crippen molar-refractivity contribution in [3.8, 4) is 11.5 Å². The van der Waals surface area contributed by atoms with Crippen molar-refractivity contribution < 1.29 is 124 Å². The number of para-hydroxylation sites is 4. The first kappa shape index (κ1) is 49.0. The van der Waals surface area contributed by atoms with Gasteiger partial charge in [-0.05, 0) is 24.3 Å².